The molecule has 0 bridgehead atoms. The maximum absolute atomic E-state index is 11.9. The Bertz CT molecular complexity index is 415. The highest BCUT2D eigenvalue weighted by molar-refractivity contribution is 5.94. The molecule has 0 saturated carbocycles. The molecule has 1 aliphatic rings. The predicted molar refractivity (Wildman–Crippen MR) is 72.1 cm³/mol. The van der Waals surface area contributed by atoms with Gasteiger partial charge in [0.05, 0.1) is 6.61 Å². The van der Waals surface area contributed by atoms with Crippen LogP contribution in [0.4, 0.5) is 0 Å². The molecule has 3 heteroatoms. The lowest BCUT2D eigenvalue weighted by molar-refractivity contribution is 0.0953. The van der Waals surface area contributed by atoms with E-state index in [2.05, 4.69) is 12.2 Å². The monoisotopic (exact) mass is 247 g/mol. The largest absolute Gasteiger partial charge is 0.493 e. The van der Waals surface area contributed by atoms with Crippen LogP contribution in [-0.4, -0.2) is 19.1 Å². The third kappa shape index (κ3) is 3.25. The van der Waals surface area contributed by atoms with Crippen molar-refractivity contribution < 1.29 is 9.53 Å². The van der Waals surface area contributed by atoms with Crippen LogP contribution >= 0.6 is 0 Å². The molecule has 0 fully saturated rings. The molecule has 1 aromatic carbocycles. The van der Waals surface area contributed by atoms with E-state index in [1.807, 2.05) is 18.2 Å². The second-order valence-corrected chi connectivity index (χ2v) is 4.74. The van der Waals surface area contributed by atoms with Crippen molar-refractivity contribution >= 4 is 5.91 Å². The van der Waals surface area contributed by atoms with Gasteiger partial charge in [-0.25, -0.2) is 0 Å². The number of carbonyl (C=O) groups excluding carboxylic acids is 1. The molecular formula is C15H21NO2. The fourth-order valence-electron chi connectivity index (χ4n) is 2.18. The Labute approximate surface area is 109 Å². The number of ether oxygens (including phenoxy) is 1. The SMILES string of the molecule is CCCCCCNC(=O)c1ccc2c(c1)CCO2. The lowest BCUT2D eigenvalue weighted by Gasteiger charge is -2.06. The minimum atomic E-state index is 0.0289. The van der Waals surface area contributed by atoms with Gasteiger partial charge in [-0.2, -0.15) is 0 Å². The molecular weight excluding hydrogens is 226 g/mol. The van der Waals surface area contributed by atoms with Gasteiger partial charge in [0.1, 0.15) is 5.75 Å². The first-order valence-electron chi connectivity index (χ1n) is 6.85. The third-order valence-electron chi connectivity index (χ3n) is 3.27. The average Bonchev–Trinajstić information content (AvgIpc) is 2.85. The topological polar surface area (TPSA) is 38.3 Å². The Morgan fingerprint density at radius 1 is 1.33 bits per heavy atom. The first-order valence-corrected chi connectivity index (χ1v) is 6.85. The van der Waals surface area contributed by atoms with Crippen molar-refractivity contribution in [2.75, 3.05) is 13.2 Å². The number of hydrogen-bond acceptors (Lipinski definition) is 2. The quantitative estimate of drug-likeness (QED) is 0.785. The van der Waals surface area contributed by atoms with Gasteiger partial charge in [-0.3, -0.25) is 4.79 Å². The second-order valence-electron chi connectivity index (χ2n) is 4.74. The summed E-state index contributed by atoms with van der Waals surface area (Å²) in [5, 5.41) is 2.97. The second kappa shape index (κ2) is 6.43. The van der Waals surface area contributed by atoms with Gasteiger partial charge in [-0.05, 0) is 30.2 Å². The zero-order valence-electron chi connectivity index (χ0n) is 11.0. The van der Waals surface area contributed by atoms with Gasteiger partial charge < -0.3 is 10.1 Å². The number of nitrogens with one attached hydrogen (secondary N) is 1. The van der Waals surface area contributed by atoms with E-state index in [1.54, 1.807) is 0 Å². The predicted octanol–water partition coefficient (Wildman–Crippen LogP) is 2.93. The molecule has 1 N–H and O–H groups in total. The standard InChI is InChI=1S/C15H21NO2/c1-2-3-4-5-9-16-15(17)13-6-7-14-12(11-13)8-10-18-14/h6-7,11H,2-5,8-10H2,1H3,(H,16,17). The van der Waals surface area contributed by atoms with Crippen molar-refractivity contribution in [2.45, 2.75) is 39.0 Å². The molecule has 0 radical (unpaired) electrons. The normalized spacial score (nSPS) is 12.9. The summed E-state index contributed by atoms with van der Waals surface area (Å²) in [6.07, 6.45) is 5.63. The van der Waals surface area contributed by atoms with Crippen LogP contribution in [0, 0.1) is 0 Å². The highest BCUT2D eigenvalue weighted by atomic mass is 16.5. The summed E-state index contributed by atoms with van der Waals surface area (Å²) < 4.78 is 5.43. The summed E-state index contributed by atoms with van der Waals surface area (Å²) in [5.41, 5.74) is 1.89. The Hall–Kier alpha value is -1.51. The van der Waals surface area contributed by atoms with Gasteiger partial charge in [0.25, 0.3) is 5.91 Å². The van der Waals surface area contributed by atoms with Crippen LogP contribution in [0.3, 0.4) is 0 Å². The molecule has 1 aromatic rings. The number of hydrogen-bond donors (Lipinski definition) is 1. The van der Waals surface area contributed by atoms with E-state index in [9.17, 15) is 4.79 Å². The van der Waals surface area contributed by atoms with Crippen LogP contribution in [0.1, 0.15) is 48.5 Å². The van der Waals surface area contributed by atoms with Crippen LogP contribution in [0.25, 0.3) is 0 Å². The van der Waals surface area contributed by atoms with Crippen molar-refractivity contribution in [1.29, 1.82) is 0 Å². The highest BCUT2D eigenvalue weighted by Crippen LogP contribution is 2.25. The van der Waals surface area contributed by atoms with Crippen molar-refractivity contribution in [3.63, 3.8) is 0 Å². The first kappa shape index (κ1) is 12.9. The third-order valence-corrected chi connectivity index (χ3v) is 3.27. The first-order chi connectivity index (χ1) is 8.81. The summed E-state index contributed by atoms with van der Waals surface area (Å²) >= 11 is 0. The maximum Gasteiger partial charge on any atom is 0.251 e. The Kier molecular flexibility index (Phi) is 4.62. The fourth-order valence-corrected chi connectivity index (χ4v) is 2.18. The summed E-state index contributed by atoms with van der Waals surface area (Å²) in [5.74, 6) is 0.954. The molecule has 0 spiro atoms. The molecule has 98 valence electrons. The molecule has 1 amide bonds. The van der Waals surface area contributed by atoms with Gasteiger partial charge in [0, 0.05) is 18.5 Å². The minimum Gasteiger partial charge on any atom is -0.493 e. The molecule has 1 heterocycles. The van der Waals surface area contributed by atoms with Crippen molar-refractivity contribution in [2.24, 2.45) is 0 Å². The van der Waals surface area contributed by atoms with Gasteiger partial charge in [0.2, 0.25) is 0 Å². The number of fused-ring (bicyclic) bond motifs is 1. The van der Waals surface area contributed by atoms with E-state index in [1.165, 1.54) is 19.3 Å². The van der Waals surface area contributed by atoms with E-state index in [0.717, 1.165) is 42.9 Å². The molecule has 3 nitrogen and oxygen atoms in total. The van der Waals surface area contributed by atoms with E-state index in [0.29, 0.717) is 0 Å². The summed E-state index contributed by atoms with van der Waals surface area (Å²) in [6.45, 7) is 3.69. The van der Waals surface area contributed by atoms with Crippen LogP contribution in [-0.2, 0) is 6.42 Å². The number of amides is 1. The molecule has 2 rings (SSSR count). The highest BCUT2D eigenvalue weighted by Gasteiger charge is 2.14. The number of carbonyl (C=O) groups is 1. The zero-order chi connectivity index (χ0) is 12.8. The molecule has 0 saturated heterocycles. The van der Waals surface area contributed by atoms with E-state index in [4.69, 9.17) is 4.74 Å². The van der Waals surface area contributed by atoms with Crippen LogP contribution in [0.2, 0.25) is 0 Å². The summed E-state index contributed by atoms with van der Waals surface area (Å²) in [4.78, 5) is 11.9. The number of benzene rings is 1. The van der Waals surface area contributed by atoms with Crippen molar-refractivity contribution in [3.8, 4) is 5.75 Å². The Morgan fingerprint density at radius 2 is 2.22 bits per heavy atom. The molecule has 0 unspecified atom stereocenters. The molecule has 0 aliphatic carbocycles. The summed E-state index contributed by atoms with van der Waals surface area (Å²) in [6, 6.07) is 5.68. The minimum absolute atomic E-state index is 0.0289. The summed E-state index contributed by atoms with van der Waals surface area (Å²) in [7, 11) is 0. The maximum atomic E-state index is 11.9. The van der Waals surface area contributed by atoms with Gasteiger partial charge in [-0.15, -0.1) is 0 Å². The van der Waals surface area contributed by atoms with E-state index >= 15 is 0 Å². The number of rotatable bonds is 6. The Balaban J connectivity index is 1.82. The fraction of sp³-hybridized carbons (Fsp3) is 0.533. The average molecular weight is 247 g/mol. The van der Waals surface area contributed by atoms with Crippen molar-refractivity contribution in [1.82, 2.24) is 5.32 Å². The molecule has 18 heavy (non-hydrogen) atoms. The zero-order valence-corrected chi connectivity index (χ0v) is 11.0. The van der Waals surface area contributed by atoms with E-state index < -0.39 is 0 Å². The van der Waals surface area contributed by atoms with E-state index in [-0.39, 0.29) is 5.91 Å². The molecule has 0 atom stereocenters. The van der Waals surface area contributed by atoms with Crippen LogP contribution in [0.15, 0.2) is 18.2 Å². The lowest BCUT2D eigenvalue weighted by Crippen LogP contribution is -2.24. The lowest BCUT2D eigenvalue weighted by atomic mass is 10.1. The smallest absolute Gasteiger partial charge is 0.251 e. The molecule has 1 aliphatic heterocycles. The van der Waals surface area contributed by atoms with Crippen LogP contribution in [0.5, 0.6) is 5.75 Å². The Morgan fingerprint density at radius 3 is 3.06 bits per heavy atom. The molecule has 0 aromatic heterocycles. The van der Waals surface area contributed by atoms with Crippen LogP contribution < -0.4 is 10.1 Å². The van der Waals surface area contributed by atoms with Gasteiger partial charge in [0.15, 0.2) is 0 Å². The van der Waals surface area contributed by atoms with Gasteiger partial charge in [-0.1, -0.05) is 26.2 Å². The van der Waals surface area contributed by atoms with Crippen molar-refractivity contribution in [3.05, 3.63) is 29.3 Å². The number of unbranched alkanes of at least 4 members (excludes halogenated alkanes) is 3. The van der Waals surface area contributed by atoms with Gasteiger partial charge >= 0.3 is 0 Å².